The SMILES string of the molecule is Cn1nc(-c2ccccc2Nc2ccccc2)oc1=O. The molecule has 0 saturated heterocycles. The molecule has 0 unspecified atom stereocenters. The van der Waals surface area contributed by atoms with Crippen molar-refractivity contribution in [2.45, 2.75) is 0 Å². The highest BCUT2D eigenvalue weighted by Gasteiger charge is 2.12. The highest BCUT2D eigenvalue weighted by Crippen LogP contribution is 2.28. The van der Waals surface area contributed by atoms with Crippen LogP contribution in [0.1, 0.15) is 0 Å². The number of benzene rings is 2. The van der Waals surface area contributed by atoms with E-state index >= 15 is 0 Å². The van der Waals surface area contributed by atoms with Crippen molar-refractivity contribution in [1.29, 1.82) is 0 Å². The summed E-state index contributed by atoms with van der Waals surface area (Å²) in [5.74, 6) is -0.175. The molecule has 0 atom stereocenters. The molecule has 0 radical (unpaired) electrons. The van der Waals surface area contributed by atoms with Gasteiger partial charge in [0, 0.05) is 12.7 Å². The lowest BCUT2D eigenvalue weighted by atomic mass is 10.1. The van der Waals surface area contributed by atoms with Crippen LogP contribution in [-0.4, -0.2) is 9.78 Å². The zero-order valence-electron chi connectivity index (χ0n) is 10.9. The van der Waals surface area contributed by atoms with Gasteiger partial charge in [-0.05, 0) is 24.3 Å². The first-order valence-corrected chi connectivity index (χ1v) is 6.19. The van der Waals surface area contributed by atoms with Gasteiger partial charge in [-0.2, -0.15) is 4.68 Å². The maximum Gasteiger partial charge on any atom is 0.437 e. The quantitative estimate of drug-likeness (QED) is 0.792. The van der Waals surface area contributed by atoms with Crippen LogP contribution in [-0.2, 0) is 7.05 Å². The van der Waals surface area contributed by atoms with Gasteiger partial charge in [0.2, 0.25) is 0 Å². The largest absolute Gasteiger partial charge is 0.437 e. The van der Waals surface area contributed by atoms with Gasteiger partial charge < -0.3 is 9.73 Å². The van der Waals surface area contributed by atoms with E-state index in [1.54, 1.807) is 7.05 Å². The predicted octanol–water partition coefficient (Wildman–Crippen LogP) is 2.78. The topological polar surface area (TPSA) is 60.1 Å². The molecule has 0 bridgehead atoms. The highest BCUT2D eigenvalue weighted by molar-refractivity contribution is 5.76. The molecule has 1 heterocycles. The zero-order valence-corrected chi connectivity index (χ0v) is 10.9. The Bertz CT molecular complexity index is 775. The Balaban J connectivity index is 2.02. The maximum absolute atomic E-state index is 11.4. The van der Waals surface area contributed by atoms with Crippen molar-refractivity contribution >= 4 is 11.4 Å². The molecule has 5 nitrogen and oxygen atoms in total. The number of anilines is 2. The third kappa shape index (κ3) is 2.33. The van der Waals surface area contributed by atoms with E-state index in [0.717, 1.165) is 16.9 Å². The molecule has 1 N–H and O–H groups in total. The van der Waals surface area contributed by atoms with Gasteiger partial charge in [-0.15, -0.1) is 5.10 Å². The Labute approximate surface area is 115 Å². The standard InChI is InChI=1S/C15H13N3O2/c1-18-15(19)20-14(17-18)12-9-5-6-10-13(12)16-11-7-3-2-4-8-11/h2-10,16H,1H3. The summed E-state index contributed by atoms with van der Waals surface area (Å²) in [6.07, 6.45) is 0. The van der Waals surface area contributed by atoms with Crippen molar-refractivity contribution in [2.24, 2.45) is 7.05 Å². The van der Waals surface area contributed by atoms with Gasteiger partial charge >= 0.3 is 5.76 Å². The van der Waals surface area contributed by atoms with Gasteiger partial charge in [0.05, 0.1) is 11.3 Å². The molecule has 2 aromatic carbocycles. The lowest BCUT2D eigenvalue weighted by molar-refractivity contribution is 0.505. The van der Waals surface area contributed by atoms with Crippen molar-refractivity contribution in [1.82, 2.24) is 9.78 Å². The van der Waals surface area contributed by atoms with E-state index in [1.165, 1.54) is 4.68 Å². The number of para-hydroxylation sites is 2. The van der Waals surface area contributed by atoms with Gasteiger partial charge in [0.1, 0.15) is 0 Å². The Hall–Kier alpha value is -2.82. The number of aryl methyl sites for hydroxylation is 1. The minimum atomic E-state index is -0.477. The fourth-order valence-corrected chi connectivity index (χ4v) is 1.91. The Kier molecular flexibility index (Phi) is 3.09. The minimum Gasteiger partial charge on any atom is -0.388 e. The smallest absolute Gasteiger partial charge is 0.388 e. The molecule has 0 amide bonds. The van der Waals surface area contributed by atoms with E-state index in [1.807, 2.05) is 54.6 Å². The summed E-state index contributed by atoms with van der Waals surface area (Å²) in [5.41, 5.74) is 2.54. The summed E-state index contributed by atoms with van der Waals surface area (Å²) in [4.78, 5) is 11.4. The number of aromatic nitrogens is 2. The lowest BCUT2D eigenvalue weighted by Crippen LogP contribution is -2.09. The van der Waals surface area contributed by atoms with Crippen LogP contribution in [0.5, 0.6) is 0 Å². The predicted molar refractivity (Wildman–Crippen MR) is 76.9 cm³/mol. The third-order valence-electron chi connectivity index (χ3n) is 2.90. The van der Waals surface area contributed by atoms with E-state index in [9.17, 15) is 4.79 Å². The summed E-state index contributed by atoms with van der Waals surface area (Å²) in [6, 6.07) is 17.3. The molecule has 100 valence electrons. The first-order valence-electron chi connectivity index (χ1n) is 6.19. The zero-order chi connectivity index (χ0) is 13.9. The molecule has 5 heteroatoms. The minimum absolute atomic E-state index is 0.302. The molecule has 0 aliphatic rings. The van der Waals surface area contributed by atoms with Gasteiger partial charge in [0.25, 0.3) is 5.89 Å². The summed E-state index contributed by atoms with van der Waals surface area (Å²) in [7, 11) is 1.56. The first kappa shape index (κ1) is 12.2. The average molecular weight is 267 g/mol. The van der Waals surface area contributed by atoms with E-state index < -0.39 is 5.76 Å². The summed E-state index contributed by atoms with van der Waals surface area (Å²) >= 11 is 0. The monoisotopic (exact) mass is 267 g/mol. The van der Waals surface area contributed by atoms with Crippen LogP contribution in [0, 0.1) is 0 Å². The van der Waals surface area contributed by atoms with Crippen LogP contribution in [0.15, 0.2) is 63.8 Å². The molecular weight excluding hydrogens is 254 g/mol. The molecule has 0 aliphatic carbocycles. The lowest BCUT2D eigenvalue weighted by Gasteiger charge is -2.09. The fraction of sp³-hybridized carbons (Fsp3) is 0.0667. The van der Waals surface area contributed by atoms with Crippen molar-refractivity contribution in [3.05, 3.63) is 65.1 Å². The summed E-state index contributed by atoms with van der Waals surface area (Å²) in [5, 5.41) is 7.37. The Morgan fingerprint density at radius 1 is 1.05 bits per heavy atom. The molecular formula is C15H13N3O2. The molecule has 0 saturated carbocycles. The molecule has 0 fully saturated rings. The molecule has 1 aromatic heterocycles. The second kappa shape index (κ2) is 5.05. The molecule has 3 aromatic rings. The number of nitrogens with zero attached hydrogens (tertiary/aromatic N) is 2. The molecule has 0 aliphatic heterocycles. The van der Waals surface area contributed by atoms with Crippen LogP contribution in [0.25, 0.3) is 11.5 Å². The highest BCUT2D eigenvalue weighted by atomic mass is 16.4. The van der Waals surface area contributed by atoms with Crippen LogP contribution in [0.4, 0.5) is 11.4 Å². The van der Waals surface area contributed by atoms with E-state index in [0.29, 0.717) is 5.89 Å². The van der Waals surface area contributed by atoms with E-state index in [2.05, 4.69) is 10.4 Å². The molecule has 0 spiro atoms. The van der Waals surface area contributed by atoms with Crippen LogP contribution in [0.2, 0.25) is 0 Å². The van der Waals surface area contributed by atoms with Gasteiger partial charge in [-0.3, -0.25) is 0 Å². The number of hydrogen-bond acceptors (Lipinski definition) is 4. The molecule has 20 heavy (non-hydrogen) atoms. The van der Waals surface area contributed by atoms with Crippen molar-refractivity contribution in [3.63, 3.8) is 0 Å². The van der Waals surface area contributed by atoms with E-state index in [-0.39, 0.29) is 0 Å². The van der Waals surface area contributed by atoms with Crippen molar-refractivity contribution in [3.8, 4) is 11.5 Å². The average Bonchev–Trinajstić information content (AvgIpc) is 2.80. The van der Waals surface area contributed by atoms with Gasteiger partial charge in [-0.1, -0.05) is 30.3 Å². The van der Waals surface area contributed by atoms with Crippen LogP contribution in [0.3, 0.4) is 0 Å². The van der Waals surface area contributed by atoms with Crippen LogP contribution >= 0.6 is 0 Å². The van der Waals surface area contributed by atoms with Crippen molar-refractivity contribution < 1.29 is 4.42 Å². The number of nitrogens with one attached hydrogen (secondary N) is 1. The number of rotatable bonds is 3. The normalized spacial score (nSPS) is 10.4. The van der Waals surface area contributed by atoms with E-state index in [4.69, 9.17) is 4.42 Å². The third-order valence-corrected chi connectivity index (χ3v) is 2.90. The second-order valence-electron chi connectivity index (χ2n) is 4.33. The summed E-state index contributed by atoms with van der Waals surface area (Å²) < 4.78 is 6.31. The Morgan fingerprint density at radius 3 is 2.45 bits per heavy atom. The maximum atomic E-state index is 11.4. The number of hydrogen-bond donors (Lipinski definition) is 1. The second-order valence-corrected chi connectivity index (χ2v) is 4.33. The van der Waals surface area contributed by atoms with Crippen LogP contribution < -0.4 is 11.1 Å². The first-order chi connectivity index (χ1) is 9.74. The molecule has 3 rings (SSSR count). The van der Waals surface area contributed by atoms with Gasteiger partial charge in [-0.25, -0.2) is 4.79 Å². The fourth-order valence-electron chi connectivity index (χ4n) is 1.91. The Morgan fingerprint density at radius 2 is 1.75 bits per heavy atom. The van der Waals surface area contributed by atoms with Gasteiger partial charge in [0.15, 0.2) is 0 Å². The summed E-state index contributed by atoms with van der Waals surface area (Å²) in [6.45, 7) is 0. The van der Waals surface area contributed by atoms with Crippen molar-refractivity contribution in [2.75, 3.05) is 5.32 Å².